The molecule has 0 radical (unpaired) electrons. The minimum absolute atomic E-state index is 0. The van der Waals surface area contributed by atoms with Crippen molar-refractivity contribution in [3.8, 4) is 0 Å². The molecule has 3 nitrogen and oxygen atoms in total. The van der Waals surface area contributed by atoms with Gasteiger partial charge in [0.1, 0.15) is 0 Å². The first kappa shape index (κ1) is 15.3. The average molecular weight is 289 g/mol. The summed E-state index contributed by atoms with van der Waals surface area (Å²) in [6.45, 7) is 2.88. The Hall–Kier alpha value is -0.770. The van der Waals surface area contributed by atoms with Crippen molar-refractivity contribution in [1.29, 1.82) is 0 Å². The smallest absolute Gasteiger partial charge is 0.237 e. The third-order valence-corrected chi connectivity index (χ3v) is 3.45. The van der Waals surface area contributed by atoms with E-state index in [4.69, 9.17) is 11.6 Å². The minimum atomic E-state index is -0.0569. The predicted octanol–water partition coefficient (Wildman–Crippen LogP) is 2.69. The highest BCUT2D eigenvalue weighted by Crippen LogP contribution is 2.22. The van der Waals surface area contributed by atoms with Crippen LogP contribution in [0.4, 0.5) is 0 Å². The SMILES string of the molecule is CC(NC(=O)[C@@H]1CCCN1)c1ccccc1Cl.Cl. The summed E-state index contributed by atoms with van der Waals surface area (Å²) >= 11 is 6.10. The van der Waals surface area contributed by atoms with Gasteiger partial charge in [0.15, 0.2) is 0 Å². The lowest BCUT2D eigenvalue weighted by atomic mass is 10.1. The first-order chi connectivity index (χ1) is 8.18. The maximum Gasteiger partial charge on any atom is 0.237 e. The summed E-state index contributed by atoms with van der Waals surface area (Å²) < 4.78 is 0. The van der Waals surface area contributed by atoms with E-state index in [-0.39, 0.29) is 30.4 Å². The van der Waals surface area contributed by atoms with Gasteiger partial charge in [-0.15, -0.1) is 12.4 Å². The number of nitrogens with one attached hydrogen (secondary N) is 2. The molecule has 0 aliphatic carbocycles. The van der Waals surface area contributed by atoms with Crippen molar-refractivity contribution in [3.05, 3.63) is 34.9 Å². The van der Waals surface area contributed by atoms with Gasteiger partial charge in [-0.25, -0.2) is 0 Å². The molecule has 0 spiro atoms. The minimum Gasteiger partial charge on any atom is -0.348 e. The Bertz CT molecular complexity index is 406. The van der Waals surface area contributed by atoms with Gasteiger partial charge in [-0.2, -0.15) is 0 Å². The van der Waals surface area contributed by atoms with Crippen molar-refractivity contribution in [2.45, 2.75) is 31.8 Å². The van der Waals surface area contributed by atoms with Crippen molar-refractivity contribution in [1.82, 2.24) is 10.6 Å². The summed E-state index contributed by atoms with van der Waals surface area (Å²) in [5.41, 5.74) is 0.959. The van der Waals surface area contributed by atoms with Crippen LogP contribution in [0.3, 0.4) is 0 Å². The van der Waals surface area contributed by atoms with Gasteiger partial charge in [0, 0.05) is 5.02 Å². The summed E-state index contributed by atoms with van der Waals surface area (Å²) in [5.74, 6) is 0.0647. The Morgan fingerprint density at radius 3 is 2.83 bits per heavy atom. The van der Waals surface area contributed by atoms with Crippen molar-refractivity contribution in [2.24, 2.45) is 0 Å². The molecule has 0 aromatic heterocycles. The second kappa shape index (κ2) is 6.98. The fourth-order valence-electron chi connectivity index (χ4n) is 2.13. The van der Waals surface area contributed by atoms with E-state index in [0.717, 1.165) is 24.9 Å². The van der Waals surface area contributed by atoms with Crippen LogP contribution in [0.5, 0.6) is 0 Å². The normalized spacial score (nSPS) is 20.0. The fraction of sp³-hybridized carbons (Fsp3) is 0.462. The average Bonchev–Trinajstić information content (AvgIpc) is 2.82. The summed E-state index contributed by atoms with van der Waals surface area (Å²) in [6, 6.07) is 7.50. The predicted molar refractivity (Wildman–Crippen MR) is 76.3 cm³/mol. The Balaban J connectivity index is 0.00000162. The number of hydrogen-bond donors (Lipinski definition) is 2. The van der Waals surface area contributed by atoms with E-state index in [1.165, 1.54) is 0 Å². The first-order valence-corrected chi connectivity index (χ1v) is 6.34. The third-order valence-electron chi connectivity index (χ3n) is 3.11. The molecule has 100 valence electrons. The van der Waals surface area contributed by atoms with E-state index in [1.54, 1.807) is 0 Å². The molecule has 0 saturated carbocycles. The first-order valence-electron chi connectivity index (χ1n) is 5.96. The molecule has 1 aromatic carbocycles. The van der Waals surface area contributed by atoms with Crippen LogP contribution >= 0.6 is 24.0 Å². The lowest BCUT2D eigenvalue weighted by Crippen LogP contribution is -2.41. The zero-order valence-corrected chi connectivity index (χ0v) is 11.9. The Kier molecular flexibility index (Phi) is 5.93. The highest BCUT2D eigenvalue weighted by Gasteiger charge is 2.23. The zero-order valence-electron chi connectivity index (χ0n) is 10.3. The van der Waals surface area contributed by atoms with Gasteiger partial charge >= 0.3 is 0 Å². The highest BCUT2D eigenvalue weighted by molar-refractivity contribution is 6.31. The molecule has 1 amide bonds. The van der Waals surface area contributed by atoms with Crippen LogP contribution in [0.1, 0.15) is 31.4 Å². The van der Waals surface area contributed by atoms with Gasteiger partial charge in [-0.05, 0) is 37.9 Å². The van der Waals surface area contributed by atoms with Gasteiger partial charge in [0.25, 0.3) is 0 Å². The second-order valence-electron chi connectivity index (χ2n) is 4.40. The molecule has 1 heterocycles. The lowest BCUT2D eigenvalue weighted by molar-refractivity contribution is -0.123. The van der Waals surface area contributed by atoms with Crippen LogP contribution in [-0.4, -0.2) is 18.5 Å². The van der Waals surface area contributed by atoms with Crippen LogP contribution in [-0.2, 0) is 4.79 Å². The number of carbonyl (C=O) groups excluding carboxylic acids is 1. The van der Waals surface area contributed by atoms with Crippen LogP contribution in [0.2, 0.25) is 5.02 Å². The Labute approximate surface area is 119 Å². The zero-order chi connectivity index (χ0) is 12.3. The number of amides is 1. The van der Waals surface area contributed by atoms with E-state index in [9.17, 15) is 4.79 Å². The summed E-state index contributed by atoms with van der Waals surface area (Å²) in [7, 11) is 0. The maximum absolute atomic E-state index is 11.9. The molecule has 1 saturated heterocycles. The molecule has 18 heavy (non-hydrogen) atoms. The summed E-state index contributed by atoms with van der Waals surface area (Å²) in [6.07, 6.45) is 1.99. The van der Waals surface area contributed by atoms with E-state index in [0.29, 0.717) is 5.02 Å². The van der Waals surface area contributed by atoms with E-state index < -0.39 is 0 Å². The molecule has 1 aliphatic heterocycles. The molecule has 1 unspecified atom stereocenters. The molecule has 5 heteroatoms. The maximum atomic E-state index is 11.9. The standard InChI is InChI=1S/C13H17ClN2O.ClH/c1-9(10-5-2-3-6-11(10)14)16-13(17)12-7-4-8-15-12;/h2-3,5-6,9,12,15H,4,7-8H2,1H3,(H,16,17);1H/t9?,12-;/m0./s1. The van der Waals surface area contributed by atoms with Crippen LogP contribution < -0.4 is 10.6 Å². The van der Waals surface area contributed by atoms with Crippen LogP contribution in [0.15, 0.2) is 24.3 Å². The number of carbonyl (C=O) groups is 1. The van der Waals surface area contributed by atoms with Crippen molar-refractivity contribution >= 4 is 29.9 Å². The topological polar surface area (TPSA) is 41.1 Å². The van der Waals surface area contributed by atoms with Gasteiger partial charge in [-0.3, -0.25) is 4.79 Å². The van der Waals surface area contributed by atoms with E-state index in [1.807, 2.05) is 31.2 Å². The molecule has 0 bridgehead atoms. The quantitative estimate of drug-likeness (QED) is 0.898. The largest absolute Gasteiger partial charge is 0.348 e. The van der Waals surface area contributed by atoms with E-state index >= 15 is 0 Å². The van der Waals surface area contributed by atoms with Gasteiger partial charge < -0.3 is 10.6 Å². The molecular formula is C13H18Cl2N2O. The molecule has 2 rings (SSSR count). The Morgan fingerprint density at radius 1 is 1.50 bits per heavy atom. The number of benzene rings is 1. The van der Waals surface area contributed by atoms with E-state index in [2.05, 4.69) is 10.6 Å². The molecule has 1 aliphatic rings. The lowest BCUT2D eigenvalue weighted by Gasteiger charge is -2.18. The van der Waals surface area contributed by atoms with Crippen LogP contribution in [0, 0.1) is 0 Å². The second-order valence-corrected chi connectivity index (χ2v) is 4.81. The van der Waals surface area contributed by atoms with Crippen molar-refractivity contribution in [2.75, 3.05) is 6.54 Å². The third kappa shape index (κ3) is 3.61. The molecule has 2 N–H and O–H groups in total. The number of hydrogen-bond acceptors (Lipinski definition) is 2. The van der Waals surface area contributed by atoms with Gasteiger partial charge in [0.2, 0.25) is 5.91 Å². The molecular weight excluding hydrogens is 271 g/mol. The summed E-state index contributed by atoms with van der Waals surface area (Å²) in [5, 5.41) is 6.87. The fourth-order valence-corrected chi connectivity index (χ4v) is 2.43. The molecule has 1 aromatic rings. The highest BCUT2D eigenvalue weighted by atomic mass is 35.5. The molecule has 2 atom stereocenters. The molecule has 1 fully saturated rings. The van der Waals surface area contributed by atoms with Gasteiger partial charge in [-0.1, -0.05) is 29.8 Å². The van der Waals surface area contributed by atoms with Crippen LogP contribution in [0.25, 0.3) is 0 Å². The summed E-state index contributed by atoms with van der Waals surface area (Å²) in [4.78, 5) is 11.9. The van der Waals surface area contributed by atoms with Crippen molar-refractivity contribution < 1.29 is 4.79 Å². The Morgan fingerprint density at radius 2 is 2.22 bits per heavy atom. The van der Waals surface area contributed by atoms with Crippen molar-refractivity contribution in [3.63, 3.8) is 0 Å². The number of halogens is 2. The number of rotatable bonds is 3. The monoisotopic (exact) mass is 288 g/mol. The van der Waals surface area contributed by atoms with Gasteiger partial charge in [0.05, 0.1) is 12.1 Å².